The van der Waals surface area contributed by atoms with Gasteiger partial charge in [0.05, 0.1) is 0 Å². The van der Waals surface area contributed by atoms with Gasteiger partial charge in [0.1, 0.15) is 5.75 Å². The summed E-state index contributed by atoms with van der Waals surface area (Å²) in [4.78, 5) is 18.5. The molecule has 0 aliphatic heterocycles. The number of rotatable bonds is 3. The van der Waals surface area contributed by atoms with Crippen LogP contribution in [0.25, 0.3) is 0 Å². The van der Waals surface area contributed by atoms with Crippen molar-refractivity contribution in [2.75, 3.05) is 0 Å². The molecule has 0 bridgehead atoms. The number of carbonyl (C=O) groups is 1. The lowest BCUT2D eigenvalue weighted by Gasteiger charge is -2.06. The highest BCUT2D eigenvalue weighted by atomic mass is 127. The maximum Gasteiger partial charge on any atom is 0.360 e. The lowest BCUT2D eigenvalue weighted by Crippen LogP contribution is -2.04. The summed E-state index contributed by atoms with van der Waals surface area (Å²) in [6.45, 7) is 0. The molecule has 2 aromatic rings. The first kappa shape index (κ1) is 11.8. The second-order valence-corrected chi connectivity index (χ2v) is 4.32. The van der Waals surface area contributed by atoms with Gasteiger partial charge in [-0.1, -0.05) is 6.07 Å². The summed E-state index contributed by atoms with van der Waals surface area (Å²) in [5, 5.41) is 8.91. The molecule has 0 saturated carbocycles. The van der Waals surface area contributed by atoms with E-state index in [2.05, 4.69) is 32.6 Å². The summed E-state index contributed by atoms with van der Waals surface area (Å²) >= 11 is 2.14. The Morgan fingerprint density at radius 3 is 2.76 bits per heavy atom. The first-order valence-corrected chi connectivity index (χ1v) is 5.72. The molecule has 0 saturated heterocycles. The molecule has 17 heavy (non-hydrogen) atoms. The number of benzene rings is 1. The predicted molar refractivity (Wildman–Crippen MR) is 68.2 cm³/mol. The topological polar surface area (TPSA) is 72.3 Å². The van der Waals surface area contributed by atoms with Gasteiger partial charge < -0.3 is 9.84 Å². The van der Waals surface area contributed by atoms with Crippen molar-refractivity contribution in [1.29, 1.82) is 0 Å². The third-order valence-corrected chi connectivity index (χ3v) is 2.55. The van der Waals surface area contributed by atoms with E-state index in [0.29, 0.717) is 5.75 Å². The van der Waals surface area contributed by atoms with Crippen LogP contribution in [0.15, 0.2) is 36.7 Å². The van der Waals surface area contributed by atoms with Gasteiger partial charge in [0.2, 0.25) is 5.69 Å². The van der Waals surface area contributed by atoms with Crippen LogP contribution in [0.2, 0.25) is 0 Å². The van der Waals surface area contributed by atoms with E-state index in [0.717, 1.165) is 3.57 Å². The zero-order chi connectivity index (χ0) is 12.3. The Morgan fingerprint density at radius 1 is 1.29 bits per heavy atom. The normalized spacial score (nSPS) is 9.94. The van der Waals surface area contributed by atoms with Gasteiger partial charge in [0.15, 0.2) is 0 Å². The molecular weight excluding hydrogens is 335 g/mol. The van der Waals surface area contributed by atoms with E-state index in [-0.39, 0.29) is 11.6 Å². The van der Waals surface area contributed by atoms with Crippen LogP contribution in [-0.4, -0.2) is 21.0 Å². The summed E-state index contributed by atoms with van der Waals surface area (Å²) < 4.78 is 6.38. The molecule has 0 aliphatic carbocycles. The lowest BCUT2D eigenvalue weighted by molar-refractivity contribution is 0.0686. The van der Waals surface area contributed by atoms with Gasteiger partial charge in [-0.05, 0) is 40.8 Å². The van der Waals surface area contributed by atoms with Gasteiger partial charge >= 0.3 is 5.97 Å². The quantitative estimate of drug-likeness (QED) is 0.868. The van der Waals surface area contributed by atoms with Crippen molar-refractivity contribution >= 4 is 28.6 Å². The Morgan fingerprint density at radius 2 is 2.06 bits per heavy atom. The molecule has 1 N–H and O–H groups in total. The monoisotopic (exact) mass is 342 g/mol. The number of aromatic carboxylic acids is 1. The van der Waals surface area contributed by atoms with Gasteiger partial charge in [-0.2, -0.15) is 0 Å². The minimum Gasteiger partial charge on any atom is -0.476 e. The second-order valence-electron chi connectivity index (χ2n) is 3.07. The van der Waals surface area contributed by atoms with E-state index < -0.39 is 5.97 Å². The van der Waals surface area contributed by atoms with Crippen LogP contribution in [0.1, 0.15) is 10.5 Å². The third-order valence-electron chi connectivity index (χ3n) is 1.88. The standard InChI is InChI=1S/C11H7IN2O3/c12-7-2-1-3-8(6-7)17-10-9(11(15)16)13-4-5-14-10/h1-6H,(H,15,16). The van der Waals surface area contributed by atoms with E-state index in [4.69, 9.17) is 9.84 Å². The summed E-state index contributed by atoms with van der Waals surface area (Å²) in [6, 6.07) is 7.22. The van der Waals surface area contributed by atoms with Crippen molar-refractivity contribution in [2.45, 2.75) is 0 Å². The van der Waals surface area contributed by atoms with Crippen LogP contribution in [0, 0.1) is 3.57 Å². The van der Waals surface area contributed by atoms with Gasteiger partial charge in [0, 0.05) is 16.0 Å². The van der Waals surface area contributed by atoms with Crippen molar-refractivity contribution in [3.05, 3.63) is 45.9 Å². The maximum atomic E-state index is 10.9. The van der Waals surface area contributed by atoms with Crippen LogP contribution in [0.4, 0.5) is 0 Å². The summed E-state index contributed by atoms with van der Waals surface area (Å²) in [5.41, 5.74) is -0.202. The van der Waals surface area contributed by atoms with E-state index in [1.165, 1.54) is 12.4 Å². The molecule has 0 fully saturated rings. The van der Waals surface area contributed by atoms with Crippen LogP contribution in [0.5, 0.6) is 11.6 Å². The summed E-state index contributed by atoms with van der Waals surface area (Å²) in [7, 11) is 0. The maximum absolute atomic E-state index is 10.9. The number of halogens is 1. The number of carboxylic acid groups (broad SMARTS) is 1. The summed E-state index contributed by atoms with van der Waals surface area (Å²) in [6.07, 6.45) is 2.70. The Kier molecular flexibility index (Phi) is 3.52. The van der Waals surface area contributed by atoms with Crippen molar-refractivity contribution in [1.82, 2.24) is 9.97 Å². The predicted octanol–water partition coefficient (Wildman–Crippen LogP) is 2.57. The van der Waals surface area contributed by atoms with Crippen LogP contribution in [0.3, 0.4) is 0 Å². The lowest BCUT2D eigenvalue weighted by atomic mass is 10.3. The molecule has 0 spiro atoms. The highest BCUT2D eigenvalue weighted by Gasteiger charge is 2.14. The molecule has 2 rings (SSSR count). The highest BCUT2D eigenvalue weighted by Crippen LogP contribution is 2.22. The van der Waals surface area contributed by atoms with Crippen molar-refractivity contribution in [3.8, 4) is 11.6 Å². The fourth-order valence-corrected chi connectivity index (χ4v) is 1.70. The Labute approximate surface area is 111 Å². The van der Waals surface area contributed by atoms with E-state index in [1.807, 2.05) is 12.1 Å². The molecule has 6 heteroatoms. The molecule has 1 aromatic heterocycles. The average molecular weight is 342 g/mol. The number of ether oxygens (including phenoxy) is 1. The molecule has 0 unspecified atom stereocenters. The van der Waals surface area contributed by atoms with E-state index >= 15 is 0 Å². The van der Waals surface area contributed by atoms with Crippen molar-refractivity contribution in [2.24, 2.45) is 0 Å². The molecular formula is C11H7IN2O3. The van der Waals surface area contributed by atoms with Crippen LogP contribution >= 0.6 is 22.6 Å². The molecule has 5 nitrogen and oxygen atoms in total. The Balaban J connectivity index is 2.33. The first-order valence-electron chi connectivity index (χ1n) is 4.64. The average Bonchev–Trinajstić information content (AvgIpc) is 2.29. The van der Waals surface area contributed by atoms with E-state index in [1.54, 1.807) is 12.1 Å². The van der Waals surface area contributed by atoms with E-state index in [9.17, 15) is 4.79 Å². The van der Waals surface area contributed by atoms with Gasteiger partial charge in [-0.3, -0.25) is 0 Å². The SMILES string of the molecule is O=C(O)c1nccnc1Oc1cccc(I)c1. The first-order chi connectivity index (χ1) is 8.16. The number of hydrogen-bond donors (Lipinski definition) is 1. The highest BCUT2D eigenvalue weighted by molar-refractivity contribution is 14.1. The van der Waals surface area contributed by atoms with Gasteiger partial charge in [-0.15, -0.1) is 0 Å². The smallest absolute Gasteiger partial charge is 0.360 e. The number of aromatic nitrogens is 2. The third kappa shape index (κ3) is 2.90. The second kappa shape index (κ2) is 5.09. The zero-order valence-corrected chi connectivity index (χ0v) is 10.7. The molecule has 0 radical (unpaired) electrons. The van der Waals surface area contributed by atoms with Gasteiger partial charge in [-0.25, -0.2) is 14.8 Å². The van der Waals surface area contributed by atoms with Crippen molar-refractivity contribution in [3.63, 3.8) is 0 Å². The molecule has 0 aliphatic rings. The van der Waals surface area contributed by atoms with Crippen LogP contribution in [-0.2, 0) is 0 Å². The minimum absolute atomic E-state index is 0.0120. The minimum atomic E-state index is -1.17. The van der Waals surface area contributed by atoms with Crippen LogP contribution < -0.4 is 4.74 Å². The zero-order valence-electron chi connectivity index (χ0n) is 8.50. The largest absolute Gasteiger partial charge is 0.476 e. The Hall–Kier alpha value is -1.70. The number of nitrogens with zero attached hydrogens (tertiary/aromatic N) is 2. The Bertz CT molecular complexity index is 560. The molecule has 86 valence electrons. The molecule has 0 amide bonds. The fraction of sp³-hybridized carbons (Fsp3) is 0. The molecule has 0 atom stereocenters. The summed E-state index contributed by atoms with van der Waals surface area (Å²) in [5.74, 6) is -0.652. The number of carboxylic acids is 1. The number of hydrogen-bond acceptors (Lipinski definition) is 4. The molecule has 1 aromatic carbocycles. The fourth-order valence-electron chi connectivity index (χ4n) is 1.19. The van der Waals surface area contributed by atoms with Gasteiger partial charge in [0.25, 0.3) is 5.88 Å². The van der Waals surface area contributed by atoms with Crippen molar-refractivity contribution < 1.29 is 14.6 Å². The molecule has 1 heterocycles.